The van der Waals surface area contributed by atoms with Gasteiger partial charge in [-0.2, -0.15) is 0 Å². The van der Waals surface area contributed by atoms with Gasteiger partial charge < -0.3 is 9.84 Å². The smallest absolute Gasteiger partial charge is 0.127 e. The Morgan fingerprint density at radius 1 is 1.12 bits per heavy atom. The van der Waals surface area contributed by atoms with Gasteiger partial charge in [-0.05, 0) is 29.7 Å². The minimum Gasteiger partial charge on any atom is -0.507 e. The van der Waals surface area contributed by atoms with Gasteiger partial charge in [0.05, 0.1) is 7.11 Å². The number of benzene rings is 2. The molecule has 0 aliphatic heterocycles. The third kappa shape index (κ3) is 2.41. The lowest BCUT2D eigenvalue weighted by Gasteiger charge is -2.08. The summed E-state index contributed by atoms with van der Waals surface area (Å²) in [6.45, 7) is 2.12. The van der Waals surface area contributed by atoms with E-state index in [1.807, 2.05) is 24.3 Å². The van der Waals surface area contributed by atoms with E-state index >= 15 is 0 Å². The Labute approximate surface area is 101 Å². The van der Waals surface area contributed by atoms with Crippen LogP contribution in [0.5, 0.6) is 11.5 Å². The minimum atomic E-state index is 0.248. The van der Waals surface area contributed by atoms with Gasteiger partial charge in [-0.15, -0.1) is 0 Å². The van der Waals surface area contributed by atoms with Crippen LogP contribution in [0.3, 0.4) is 0 Å². The Hall–Kier alpha value is -1.96. The number of aryl methyl sites for hydroxylation is 1. The molecule has 0 unspecified atom stereocenters. The molecule has 0 atom stereocenters. The largest absolute Gasteiger partial charge is 0.507 e. The fourth-order valence-corrected chi connectivity index (χ4v) is 1.84. The van der Waals surface area contributed by atoms with Gasteiger partial charge >= 0.3 is 0 Å². The Bertz CT molecular complexity index is 518. The van der Waals surface area contributed by atoms with Gasteiger partial charge in [0.1, 0.15) is 11.5 Å². The first-order valence-electron chi connectivity index (χ1n) is 5.71. The summed E-state index contributed by atoms with van der Waals surface area (Å²) in [6.07, 6.45) is 0.991. The molecule has 88 valence electrons. The van der Waals surface area contributed by atoms with Crippen LogP contribution in [0.15, 0.2) is 42.5 Å². The van der Waals surface area contributed by atoms with Crippen molar-refractivity contribution in [3.63, 3.8) is 0 Å². The molecule has 0 saturated carbocycles. The molecule has 0 spiro atoms. The average Bonchev–Trinajstić information content (AvgIpc) is 2.38. The summed E-state index contributed by atoms with van der Waals surface area (Å²) in [4.78, 5) is 0. The summed E-state index contributed by atoms with van der Waals surface area (Å²) in [5.41, 5.74) is 3.13. The van der Waals surface area contributed by atoms with Crippen molar-refractivity contribution in [3.8, 4) is 22.6 Å². The first-order chi connectivity index (χ1) is 8.24. The van der Waals surface area contributed by atoms with Gasteiger partial charge in [0.15, 0.2) is 0 Å². The van der Waals surface area contributed by atoms with Crippen LogP contribution in [0.25, 0.3) is 11.1 Å². The summed E-state index contributed by atoms with van der Waals surface area (Å²) in [5, 5.41) is 9.96. The lowest BCUT2D eigenvalue weighted by atomic mass is 10.0. The molecule has 1 N–H and O–H groups in total. The second-order valence-electron chi connectivity index (χ2n) is 3.94. The van der Waals surface area contributed by atoms with Crippen LogP contribution >= 0.6 is 0 Å². The number of aromatic hydroxyl groups is 1. The van der Waals surface area contributed by atoms with Gasteiger partial charge in [0, 0.05) is 11.6 Å². The molecule has 0 bridgehead atoms. The Morgan fingerprint density at radius 3 is 2.59 bits per heavy atom. The Morgan fingerprint density at radius 2 is 1.94 bits per heavy atom. The lowest BCUT2D eigenvalue weighted by molar-refractivity contribution is 0.408. The van der Waals surface area contributed by atoms with Crippen LogP contribution < -0.4 is 4.74 Å². The fourth-order valence-electron chi connectivity index (χ4n) is 1.84. The van der Waals surface area contributed by atoms with E-state index in [-0.39, 0.29) is 5.75 Å². The van der Waals surface area contributed by atoms with Crippen molar-refractivity contribution in [2.24, 2.45) is 0 Å². The molecule has 0 aromatic heterocycles. The predicted molar refractivity (Wildman–Crippen MR) is 69.5 cm³/mol. The SMILES string of the molecule is CCc1cccc(-c2ccc(OC)cc2O)c1. The Kier molecular flexibility index (Phi) is 3.33. The number of phenolic OH excluding ortho intramolecular Hbond substituents is 1. The molecule has 17 heavy (non-hydrogen) atoms. The van der Waals surface area contributed by atoms with Crippen LogP contribution in [0, 0.1) is 0 Å². The summed E-state index contributed by atoms with van der Waals surface area (Å²) in [7, 11) is 1.59. The van der Waals surface area contributed by atoms with Gasteiger partial charge in [-0.25, -0.2) is 0 Å². The molecule has 0 amide bonds. The van der Waals surface area contributed by atoms with E-state index in [1.54, 1.807) is 13.2 Å². The van der Waals surface area contributed by atoms with Crippen molar-refractivity contribution in [2.75, 3.05) is 7.11 Å². The average molecular weight is 228 g/mol. The van der Waals surface area contributed by atoms with E-state index in [1.165, 1.54) is 5.56 Å². The van der Waals surface area contributed by atoms with E-state index in [9.17, 15) is 5.11 Å². The van der Waals surface area contributed by atoms with E-state index in [2.05, 4.69) is 19.1 Å². The van der Waals surface area contributed by atoms with Crippen LogP contribution in [-0.4, -0.2) is 12.2 Å². The van der Waals surface area contributed by atoms with Crippen molar-refractivity contribution < 1.29 is 9.84 Å². The third-order valence-corrected chi connectivity index (χ3v) is 2.85. The van der Waals surface area contributed by atoms with Crippen LogP contribution in [0.2, 0.25) is 0 Å². The predicted octanol–water partition coefficient (Wildman–Crippen LogP) is 3.63. The van der Waals surface area contributed by atoms with Gasteiger partial charge in [-0.3, -0.25) is 0 Å². The van der Waals surface area contributed by atoms with Crippen molar-refractivity contribution in [1.82, 2.24) is 0 Å². The highest BCUT2D eigenvalue weighted by Gasteiger charge is 2.05. The third-order valence-electron chi connectivity index (χ3n) is 2.85. The van der Waals surface area contributed by atoms with E-state index in [4.69, 9.17) is 4.74 Å². The van der Waals surface area contributed by atoms with Crippen molar-refractivity contribution in [2.45, 2.75) is 13.3 Å². The molecule has 2 aromatic rings. The molecule has 2 heteroatoms. The molecule has 2 nitrogen and oxygen atoms in total. The molecule has 0 saturated heterocycles. The maximum atomic E-state index is 9.96. The molecule has 0 radical (unpaired) electrons. The molecule has 2 aromatic carbocycles. The topological polar surface area (TPSA) is 29.5 Å². The number of ether oxygens (including phenoxy) is 1. The number of phenols is 1. The minimum absolute atomic E-state index is 0.248. The van der Waals surface area contributed by atoms with Gasteiger partial charge in [0.25, 0.3) is 0 Å². The maximum absolute atomic E-state index is 9.96. The fraction of sp³-hybridized carbons (Fsp3) is 0.200. The van der Waals surface area contributed by atoms with Crippen LogP contribution in [0.1, 0.15) is 12.5 Å². The molecular weight excluding hydrogens is 212 g/mol. The lowest BCUT2D eigenvalue weighted by Crippen LogP contribution is -1.86. The molecule has 2 rings (SSSR count). The molecule has 0 heterocycles. The van der Waals surface area contributed by atoms with E-state index < -0.39 is 0 Å². The quantitative estimate of drug-likeness (QED) is 0.869. The monoisotopic (exact) mass is 228 g/mol. The maximum Gasteiger partial charge on any atom is 0.127 e. The van der Waals surface area contributed by atoms with Crippen LogP contribution in [0.4, 0.5) is 0 Å². The molecule has 0 fully saturated rings. The summed E-state index contributed by atoms with van der Waals surface area (Å²) in [6, 6.07) is 13.6. The summed E-state index contributed by atoms with van der Waals surface area (Å²) < 4.78 is 5.07. The first kappa shape index (κ1) is 11.5. The number of hydrogen-bond donors (Lipinski definition) is 1. The highest BCUT2D eigenvalue weighted by atomic mass is 16.5. The van der Waals surface area contributed by atoms with Gasteiger partial charge in [0.2, 0.25) is 0 Å². The summed E-state index contributed by atoms with van der Waals surface area (Å²) in [5.74, 6) is 0.912. The van der Waals surface area contributed by atoms with E-state index in [0.717, 1.165) is 17.5 Å². The second kappa shape index (κ2) is 4.91. The number of methoxy groups -OCH3 is 1. The summed E-state index contributed by atoms with van der Waals surface area (Å²) >= 11 is 0. The van der Waals surface area contributed by atoms with Gasteiger partial charge in [-0.1, -0.05) is 31.2 Å². The van der Waals surface area contributed by atoms with Crippen molar-refractivity contribution in [1.29, 1.82) is 0 Å². The molecule has 0 aliphatic rings. The first-order valence-corrected chi connectivity index (χ1v) is 5.71. The normalized spacial score (nSPS) is 10.2. The Balaban J connectivity index is 2.45. The van der Waals surface area contributed by atoms with E-state index in [0.29, 0.717) is 5.75 Å². The highest BCUT2D eigenvalue weighted by molar-refractivity contribution is 5.71. The zero-order chi connectivity index (χ0) is 12.3. The molecular formula is C15H16O2. The van der Waals surface area contributed by atoms with Crippen LogP contribution in [-0.2, 0) is 6.42 Å². The molecule has 0 aliphatic carbocycles. The zero-order valence-corrected chi connectivity index (χ0v) is 10.1. The number of rotatable bonds is 3. The highest BCUT2D eigenvalue weighted by Crippen LogP contribution is 2.32. The second-order valence-corrected chi connectivity index (χ2v) is 3.94. The van der Waals surface area contributed by atoms with Crippen molar-refractivity contribution in [3.05, 3.63) is 48.0 Å². The van der Waals surface area contributed by atoms with Crippen molar-refractivity contribution >= 4 is 0 Å². The standard InChI is InChI=1S/C15H16O2/c1-3-11-5-4-6-12(9-11)14-8-7-13(17-2)10-15(14)16/h4-10,16H,3H2,1-2H3. The number of hydrogen-bond acceptors (Lipinski definition) is 2. The zero-order valence-electron chi connectivity index (χ0n) is 10.1.